The molecule has 0 radical (unpaired) electrons. The maximum Gasteiger partial charge on any atom is 0.329 e. The Morgan fingerprint density at radius 3 is 2.30 bits per heavy atom. The Bertz CT molecular complexity index is 1280. The summed E-state index contributed by atoms with van der Waals surface area (Å²) in [5, 5.41) is 10.3. The number of amides is 1. The van der Waals surface area contributed by atoms with Crippen molar-refractivity contribution in [2.24, 2.45) is 11.6 Å². The van der Waals surface area contributed by atoms with Gasteiger partial charge in [0.15, 0.2) is 0 Å². The normalized spacial score (nSPS) is 15.4. The van der Waals surface area contributed by atoms with Gasteiger partial charge in [-0.15, -0.1) is 0 Å². The van der Waals surface area contributed by atoms with Crippen LogP contribution in [0.3, 0.4) is 0 Å². The molecule has 3 aromatic rings. The number of nitrogens with one attached hydrogen (secondary N) is 2. The van der Waals surface area contributed by atoms with Crippen molar-refractivity contribution >= 4 is 11.9 Å². The molecule has 1 aliphatic heterocycles. The quantitative estimate of drug-likeness (QED) is 0.130. The van der Waals surface area contributed by atoms with E-state index in [1.165, 1.54) is 0 Å². The zero-order valence-electron chi connectivity index (χ0n) is 22.9. The lowest BCUT2D eigenvalue weighted by Gasteiger charge is -2.43. The van der Waals surface area contributed by atoms with Crippen molar-refractivity contribution in [3.63, 3.8) is 0 Å². The summed E-state index contributed by atoms with van der Waals surface area (Å²) in [6.45, 7) is 2.86. The minimum absolute atomic E-state index is 0.139. The molecule has 40 heavy (non-hydrogen) atoms. The molecule has 1 unspecified atom stereocenters. The van der Waals surface area contributed by atoms with Crippen LogP contribution in [-0.4, -0.2) is 40.6 Å². The van der Waals surface area contributed by atoms with Gasteiger partial charge >= 0.3 is 5.97 Å². The minimum atomic E-state index is -1.27. The number of rotatable bonds is 12. The Balaban J connectivity index is 1.68. The number of nitrogens with zero attached hydrogens (tertiary/aromatic N) is 1. The van der Waals surface area contributed by atoms with Crippen LogP contribution in [0.4, 0.5) is 0 Å². The minimum Gasteiger partial charge on any atom is -0.479 e. The first-order chi connectivity index (χ1) is 19.4. The van der Waals surface area contributed by atoms with Crippen molar-refractivity contribution < 1.29 is 19.4 Å². The molecule has 4 rings (SSSR count). The van der Waals surface area contributed by atoms with Crippen LogP contribution in [0.2, 0.25) is 0 Å². The van der Waals surface area contributed by atoms with Crippen molar-refractivity contribution in [2.45, 2.75) is 57.3 Å². The SMILES string of the molecule is CCCCC(=O)N(Cc1ccc(-c2cc(-c3ccccc3)ccc2C(N)NNN)cc1)C1(C(=O)O)CCOCC1. The van der Waals surface area contributed by atoms with Crippen LogP contribution < -0.4 is 22.5 Å². The van der Waals surface area contributed by atoms with Crippen LogP contribution in [0.1, 0.15) is 56.3 Å². The van der Waals surface area contributed by atoms with E-state index in [-0.39, 0.29) is 25.3 Å². The van der Waals surface area contributed by atoms with E-state index in [9.17, 15) is 14.7 Å². The monoisotopic (exact) mass is 545 g/mol. The van der Waals surface area contributed by atoms with Crippen LogP contribution in [-0.2, 0) is 20.9 Å². The van der Waals surface area contributed by atoms with Gasteiger partial charge in [0.2, 0.25) is 5.91 Å². The first-order valence-electron chi connectivity index (χ1n) is 13.8. The number of carboxylic acids is 1. The second kappa shape index (κ2) is 13.6. The molecule has 0 saturated carbocycles. The van der Waals surface area contributed by atoms with Crippen LogP contribution in [0.5, 0.6) is 0 Å². The molecule has 0 aromatic heterocycles. The topological polar surface area (TPSA) is 143 Å². The number of carboxylic acid groups (broad SMARTS) is 1. The lowest BCUT2D eigenvalue weighted by Crippen LogP contribution is -2.59. The summed E-state index contributed by atoms with van der Waals surface area (Å²) in [7, 11) is 0. The molecule has 1 saturated heterocycles. The maximum atomic E-state index is 13.3. The summed E-state index contributed by atoms with van der Waals surface area (Å²) in [4.78, 5) is 27.5. The second-order valence-electron chi connectivity index (χ2n) is 10.2. The highest BCUT2D eigenvalue weighted by atomic mass is 16.5. The molecule has 0 spiro atoms. The lowest BCUT2D eigenvalue weighted by atomic mass is 9.86. The lowest BCUT2D eigenvalue weighted by molar-refractivity contribution is -0.167. The number of aliphatic carboxylic acids is 1. The first kappa shape index (κ1) is 29.4. The fourth-order valence-corrected chi connectivity index (χ4v) is 5.28. The van der Waals surface area contributed by atoms with E-state index in [4.69, 9.17) is 16.3 Å². The third kappa shape index (κ3) is 6.57. The number of carbonyl (C=O) groups excluding carboxylic acids is 1. The summed E-state index contributed by atoms with van der Waals surface area (Å²) >= 11 is 0. The van der Waals surface area contributed by atoms with Crippen molar-refractivity contribution in [2.75, 3.05) is 13.2 Å². The molecule has 9 nitrogen and oxygen atoms in total. The second-order valence-corrected chi connectivity index (χ2v) is 10.2. The van der Waals surface area contributed by atoms with Crippen molar-refractivity contribution in [3.05, 3.63) is 83.9 Å². The summed E-state index contributed by atoms with van der Waals surface area (Å²) in [5.74, 6) is 4.35. The number of benzene rings is 3. The summed E-state index contributed by atoms with van der Waals surface area (Å²) in [6, 6.07) is 24.1. The molecular formula is C31H39N5O4. The molecule has 1 aliphatic rings. The van der Waals surface area contributed by atoms with E-state index in [2.05, 4.69) is 29.2 Å². The molecule has 1 amide bonds. The molecule has 0 bridgehead atoms. The van der Waals surface area contributed by atoms with E-state index in [0.29, 0.717) is 26.1 Å². The standard InChI is InChI=1S/C31H39N5O4/c1-2-3-9-28(37)36(31(30(38)39)16-18-40-19-17-31)21-22-10-12-24(13-11-22)27-20-25(23-7-5-4-6-8-23)14-15-26(27)29(32)34-35-33/h4-8,10-15,20,29,34-35H,2-3,9,16-19,21,32-33H2,1H3,(H,38,39). The molecule has 7 N–H and O–H groups in total. The number of ether oxygens (including phenoxy) is 1. The predicted octanol–water partition coefficient (Wildman–Crippen LogP) is 4.10. The van der Waals surface area contributed by atoms with Crippen molar-refractivity contribution in [3.8, 4) is 22.3 Å². The van der Waals surface area contributed by atoms with Gasteiger partial charge in [0.1, 0.15) is 5.54 Å². The fraction of sp³-hybridized carbons (Fsp3) is 0.355. The Labute approximate surface area is 235 Å². The Morgan fingerprint density at radius 1 is 1.00 bits per heavy atom. The molecule has 1 fully saturated rings. The van der Waals surface area contributed by atoms with Gasteiger partial charge in [0, 0.05) is 39.0 Å². The Kier molecular flexibility index (Phi) is 10.0. The van der Waals surface area contributed by atoms with Crippen LogP contribution >= 0.6 is 0 Å². The van der Waals surface area contributed by atoms with Gasteiger partial charge in [-0.3, -0.25) is 10.6 Å². The van der Waals surface area contributed by atoms with E-state index in [0.717, 1.165) is 39.8 Å². The van der Waals surface area contributed by atoms with Gasteiger partial charge in [-0.1, -0.05) is 80.1 Å². The number of hydrogen-bond donors (Lipinski definition) is 5. The Morgan fingerprint density at radius 2 is 1.68 bits per heavy atom. The highest BCUT2D eigenvalue weighted by Crippen LogP contribution is 2.34. The molecule has 3 aromatic carbocycles. The van der Waals surface area contributed by atoms with E-state index in [1.807, 2.05) is 61.5 Å². The molecule has 1 atom stereocenters. The fourth-order valence-electron chi connectivity index (χ4n) is 5.28. The average molecular weight is 546 g/mol. The number of nitrogens with two attached hydrogens (primary N) is 2. The zero-order valence-corrected chi connectivity index (χ0v) is 22.9. The van der Waals surface area contributed by atoms with Gasteiger partial charge in [-0.2, -0.15) is 5.53 Å². The van der Waals surface area contributed by atoms with Gasteiger partial charge in [-0.05, 0) is 45.9 Å². The largest absolute Gasteiger partial charge is 0.479 e. The number of carbonyl (C=O) groups is 2. The maximum absolute atomic E-state index is 13.3. The van der Waals surface area contributed by atoms with E-state index >= 15 is 0 Å². The van der Waals surface area contributed by atoms with Crippen LogP contribution in [0.25, 0.3) is 22.3 Å². The summed E-state index contributed by atoms with van der Waals surface area (Å²) in [6.07, 6.45) is 1.88. The van der Waals surface area contributed by atoms with Crippen LogP contribution in [0, 0.1) is 0 Å². The van der Waals surface area contributed by atoms with E-state index in [1.54, 1.807) is 4.90 Å². The number of hydrogen-bond acceptors (Lipinski definition) is 7. The van der Waals surface area contributed by atoms with Crippen molar-refractivity contribution in [1.29, 1.82) is 0 Å². The highest BCUT2D eigenvalue weighted by molar-refractivity contribution is 5.87. The summed E-state index contributed by atoms with van der Waals surface area (Å²) < 4.78 is 5.46. The highest BCUT2D eigenvalue weighted by Gasteiger charge is 2.47. The molecular weight excluding hydrogens is 506 g/mol. The predicted molar refractivity (Wildman–Crippen MR) is 155 cm³/mol. The Hall–Kier alpha value is -3.60. The van der Waals surface area contributed by atoms with Crippen molar-refractivity contribution in [1.82, 2.24) is 15.9 Å². The number of hydrazine groups is 2. The van der Waals surface area contributed by atoms with Gasteiger partial charge in [0.25, 0.3) is 0 Å². The van der Waals surface area contributed by atoms with E-state index < -0.39 is 17.7 Å². The molecule has 0 aliphatic carbocycles. The molecule has 1 heterocycles. The average Bonchev–Trinajstić information content (AvgIpc) is 2.99. The van der Waals surface area contributed by atoms with Gasteiger partial charge in [0.05, 0.1) is 6.17 Å². The third-order valence-corrected chi connectivity index (χ3v) is 7.62. The van der Waals surface area contributed by atoms with Gasteiger partial charge < -0.3 is 20.5 Å². The smallest absolute Gasteiger partial charge is 0.329 e. The molecule has 9 heteroatoms. The summed E-state index contributed by atoms with van der Waals surface area (Å²) in [5.41, 5.74) is 16.1. The number of unbranched alkanes of at least 4 members (excludes halogenated alkanes) is 1. The van der Waals surface area contributed by atoms with Gasteiger partial charge in [-0.25, -0.2) is 10.2 Å². The molecule has 212 valence electrons. The third-order valence-electron chi connectivity index (χ3n) is 7.62. The van der Waals surface area contributed by atoms with Crippen LogP contribution in [0.15, 0.2) is 72.8 Å². The zero-order chi connectivity index (χ0) is 28.5. The first-order valence-corrected chi connectivity index (χ1v) is 13.8.